The molecule has 1 aromatic heterocycles. The van der Waals surface area contributed by atoms with Crippen LogP contribution in [0.4, 0.5) is 0 Å². The van der Waals surface area contributed by atoms with Crippen LogP contribution < -0.4 is 10.6 Å². The first-order valence-electron chi connectivity index (χ1n) is 12.0. The standard InChI is InChI=1S/C24H43N5O2.HI/c1-6-25-22(26-17-23(4,30)21-16-19(2)31-20(21)3)27-18-24(10-14-28(5)15-11-24)29-12-8-7-9-13-29;/h16,30H,6-15,17-18H2,1-5H3,(H2,25,26,27);1H. The zero-order valence-corrected chi connectivity index (χ0v) is 23.0. The largest absolute Gasteiger partial charge is 0.466 e. The number of aliphatic hydroxyl groups is 1. The molecule has 1 atom stereocenters. The maximum atomic E-state index is 11.1. The summed E-state index contributed by atoms with van der Waals surface area (Å²) in [4.78, 5) is 9.93. The molecular weight excluding hydrogens is 517 g/mol. The first-order chi connectivity index (χ1) is 14.8. The van der Waals surface area contributed by atoms with Crippen molar-refractivity contribution in [2.24, 2.45) is 4.99 Å². The molecule has 2 fully saturated rings. The second kappa shape index (κ2) is 12.0. The average Bonchev–Trinajstić information content (AvgIpc) is 3.11. The quantitative estimate of drug-likeness (QED) is 0.270. The van der Waals surface area contributed by atoms with Gasteiger partial charge in [-0.3, -0.25) is 4.90 Å². The highest BCUT2D eigenvalue weighted by Crippen LogP contribution is 2.31. The maximum absolute atomic E-state index is 11.1. The van der Waals surface area contributed by atoms with Crippen LogP contribution in [0.15, 0.2) is 15.5 Å². The van der Waals surface area contributed by atoms with Crippen molar-refractivity contribution in [3.05, 3.63) is 23.2 Å². The number of aliphatic imine (C=N–C) groups is 1. The van der Waals surface area contributed by atoms with Crippen molar-refractivity contribution in [2.75, 3.05) is 52.9 Å². The predicted octanol–water partition coefficient (Wildman–Crippen LogP) is 3.23. The van der Waals surface area contributed by atoms with E-state index in [0.717, 1.165) is 49.2 Å². The SMILES string of the molecule is CCNC(=NCC(C)(O)c1cc(C)oc1C)NCC1(N2CCCCC2)CCN(C)CC1.I. The number of rotatable bonds is 7. The number of piperidine rings is 2. The van der Waals surface area contributed by atoms with Crippen LogP contribution >= 0.6 is 24.0 Å². The maximum Gasteiger partial charge on any atom is 0.191 e. The van der Waals surface area contributed by atoms with E-state index in [1.165, 1.54) is 45.2 Å². The molecule has 3 rings (SSSR count). The van der Waals surface area contributed by atoms with Gasteiger partial charge in [0.2, 0.25) is 0 Å². The van der Waals surface area contributed by atoms with E-state index in [2.05, 4.69) is 34.4 Å². The Balaban J connectivity index is 0.00000363. The highest BCUT2D eigenvalue weighted by Gasteiger charge is 2.39. The molecule has 0 radical (unpaired) electrons. The van der Waals surface area contributed by atoms with Gasteiger partial charge in [-0.15, -0.1) is 24.0 Å². The number of aryl methyl sites for hydroxylation is 2. The molecule has 8 heteroatoms. The Bertz CT molecular complexity index is 735. The van der Waals surface area contributed by atoms with Crippen LogP contribution in [0.2, 0.25) is 0 Å². The van der Waals surface area contributed by atoms with Gasteiger partial charge in [0, 0.05) is 24.2 Å². The summed E-state index contributed by atoms with van der Waals surface area (Å²) in [7, 11) is 2.22. The van der Waals surface area contributed by atoms with Gasteiger partial charge in [-0.2, -0.15) is 0 Å². The van der Waals surface area contributed by atoms with Crippen LogP contribution in [0.3, 0.4) is 0 Å². The minimum Gasteiger partial charge on any atom is -0.466 e. The fraction of sp³-hybridized carbons (Fsp3) is 0.792. The third-order valence-electron chi connectivity index (χ3n) is 7.04. The second-order valence-corrected chi connectivity index (χ2v) is 9.72. The number of furan rings is 1. The van der Waals surface area contributed by atoms with Crippen molar-refractivity contribution in [2.45, 2.75) is 70.9 Å². The number of nitrogens with one attached hydrogen (secondary N) is 2. The van der Waals surface area contributed by atoms with Gasteiger partial charge in [-0.05, 0) is 92.7 Å². The molecule has 3 heterocycles. The Kier molecular flexibility index (Phi) is 10.3. The van der Waals surface area contributed by atoms with Crippen LogP contribution in [-0.4, -0.2) is 79.3 Å². The summed E-state index contributed by atoms with van der Waals surface area (Å²) in [6, 6.07) is 1.91. The molecule has 2 aliphatic rings. The molecule has 0 aliphatic carbocycles. The molecule has 0 bridgehead atoms. The fourth-order valence-electron chi connectivity index (χ4n) is 5.08. The van der Waals surface area contributed by atoms with Gasteiger partial charge in [0.15, 0.2) is 5.96 Å². The van der Waals surface area contributed by atoms with E-state index in [0.29, 0.717) is 0 Å². The predicted molar refractivity (Wildman–Crippen MR) is 142 cm³/mol. The van der Waals surface area contributed by atoms with Gasteiger partial charge in [-0.1, -0.05) is 6.42 Å². The summed E-state index contributed by atoms with van der Waals surface area (Å²) < 4.78 is 5.62. The van der Waals surface area contributed by atoms with Crippen LogP contribution in [0, 0.1) is 13.8 Å². The zero-order valence-electron chi connectivity index (χ0n) is 20.7. The van der Waals surface area contributed by atoms with Crippen LogP contribution in [0.1, 0.15) is 63.0 Å². The molecule has 2 saturated heterocycles. The summed E-state index contributed by atoms with van der Waals surface area (Å²) in [6.07, 6.45) is 6.32. The van der Waals surface area contributed by atoms with Crippen LogP contribution in [-0.2, 0) is 5.60 Å². The lowest BCUT2D eigenvalue weighted by Crippen LogP contribution is -2.62. The zero-order chi connectivity index (χ0) is 22.5. The summed E-state index contributed by atoms with van der Waals surface area (Å²) in [5.74, 6) is 2.34. The van der Waals surface area contributed by atoms with E-state index in [9.17, 15) is 5.11 Å². The van der Waals surface area contributed by atoms with Crippen molar-refractivity contribution in [3.63, 3.8) is 0 Å². The van der Waals surface area contributed by atoms with E-state index < -0.39 is 5.60 Å². The van der Waals surface area contributed by atoms with Crippen molar-refractivity contribution < 1.29 is 9.52 Å². The highest BCUT2D eigenvalue weighted by atomic mass is 127. The van der Waals surface area contributed by atoms with Gasteiger partial charge in [0.1, 0.15) is 17.1 Å². The average molecular weight is 562 g/mol. The molecule has 2 aliphatic heterocycles. The van der Waals surface area contributed by atoms with E-state index in [1.807, 2.05) is 26.8 Å². The van der Waals surface area contributed by atoms with E-state index in [4.69, 9.17) is 9.41 Å². The molecule has 0 saturated carbocycles. The number of guanidine groups is 1. The normalized spacial score (nSPS) is 22.1. The number of hydrogen-bond donors (Lipinski definition) is 3. The van der Waals surface area contributed by atoms with Gasteiger partial charge >= 0.3 is 0 Å². The fourth-order valence-corrected chi connectivity index (χ4v) is 5.08. The topological polar surface area (TPSA) is 76.3 Å². The van der Waals surface area contributed by atoms with Gasteiger partial charge < -0.3 is 25.1 Å². The lowest BCUT2D eigenvalue weighted by Gasteiger charge is -2.50. The molecule has 1 unspecified atom stereocenters. The molecule has 184 valence electrons. The number of likely N-dealkylation sites (tertiary alicyclic amines) is 2. The Morgan fingerprint density at radius 3 is 2.38 bits per heavy atom. The third-order valence-corrected chi connectivity index (χ3v) is 7.04. The smallest absolute Gasteiger partial charge is 0.191 e. The second-order valence-electron chi connectivity index (χ2n) is 9.72. The minimum absolute atomic E-state index is 0. The third kappa shape index (κ3) is 6.84. The van der Waals surface area contributed by atoms with Crippen LogP contribution in [0.25, 0.3) is 0 Å². The van der Waals surface area contributed by atoms with E-state index in [1.54, 1.807) is 0 Å². The Morgan fingerprint density at radius 1 is 1.16 bits per heavy atom. The summed E-state index contributed by atoms with van der Waals surface area (Å²) in [6.45, 7) is 14.3. The van der Waals surface area contributed by atoms with Crippen LogP contribution in [0.5, 0.6) is 0 Å². The first kappa shape index (κ1) is 27.4. The monoisotopic (exact) mass is 561 g/mol. The van der Waals surface area contributed by atoms with Gasteiger partial charge in [-0.25, -0.2) is 4.99 Å². The van der Waals surface area contributed by atoms with Crippen molar-refractivity contribution in [1.82, 2.24) is 20.4 Å². The molecule has 1 aromatic rings. The van der Waals surface area contributed by atoms with Crippen molar-refractivity contribution in [1.29, 1.82) is 0 Å². The Labute approximate surface area is 211 Å². The number of halogens is 1. The Morgan fingerprint density at radius 2 is 1.81 bits per heavy atom. The number of nitrogens with zero attached hydrogens (tertiary/aromatic N) is 3. The minimum atomic E-state index is -1.07. The number of hydrogen-bond acceptors (Lipinski definition) is 5. The van der Waals surface area contributed by atoms with E-state index >= 15 is 0 Å². The molecule has 32 heavy (non-hydrogen) atoms. The molecule has 0 spiro atoms. The first-order valence-corrected chi connectivity index (χ1v) is 12.0. The lowest BCUT2D eigenvalue weighted by atomic mass is 9.84. The van der Waals surface area contributed by atoms with Gasteiger partial charge in [0.05, 0.1) is 6.54 Å². The summed E-state index contributed by atoms with van der Waals surface area (Å²) in [5, 5.41) is 18.1. The summed E-state index contributed by atoms with van der Waals surface area (Å²) in [5.41, 5.74) is -0.0728. The molecule has 7 nitrogen and oxygen atoms in total. The molecule has 0 aromatic carbocycles. The Hall–Kier alpha value is -0.840. The molecular formula is C24H44IN5O2. The molecule has 3 N–H and O–H groups in total. The lowest BCUT2D eigenvalue weighted by molar-refractivity contribution is 0.0172. The summed E-state index contributed by atoms with van der Waals surface area (Å²) >= 11 is 0. The van der Waals surface area contributed by atoms with E-state index in [-0.39, 0.29) is 36.1 Å². The van der Waals surface area contributed by atoms with Crippen molar-refractivity contribution >= 4 is 29.9 Å². The highest BCUT2D eigenvalue weighted by molar-refractivity contribution is 14.0. The van der Waals surface area contributed by atoms with Gasteiger partial charge in [0.25, 0.3) is 0 Å². The van der Waals surface area contributed by atoms with Crippen molar-refractivity contribution in [3.8, 4) is 0 Å². The molecule has 0 amide bonds.